The number of hydrogen-bond acceptors (Lipinski definition) is 4. The van der Waals surface area contributed by atoms with Gasteiger partial charge in [0, 0.05) is 27.5 Å². The fraction of sp³-hybridized carbons (Fsp3) is 0.0172. The first-order valence-electron chi connectivity index (χ1n) is 21.1. The highest BCUT2D eigenvalue weighted by molar-refractivity contribution is 6.13. The number of furan rings is 1. The molecule has 4 nitrogen and oxygen atoms in total. The molecule has 2 heterocycles. The zero-order chi connectivity index (χ0) is 40.8. The van der Waals surface area contributed by atoms with Crippen LogP contribution in [0.2, 0.25) is 0 Å². The van der Waals surface area contributed by atoms with Crippen LogP contribution in [0.25, 0.3) is 101 Å². The van der Waals surface area contributed by atoms with Crippen molar-refractivity contribution in [2.24, 2.45) is 0 Å². The van der Waals surface area contributed by atoms with E-state index < -0.39 is 5.41 Å². The maximum atomic E-state index is 6.61. The van der Waals surface area contributed by atoms with Crippen LogP contribution < -0.4 is 0 Å². The molecule has 9 aromatic carbocycles. The van der Waals surface area contributed by atoms with Crippen molar-refractivity contribution in [3.8, 4) is 78.7 Å². The van der Waals surface area contributed by atoms with Gasteiger partial charge in [-0.1, -0.05) is 194 Å². The van der Waals surface area contributed by atoms with E-state index in [1.165, 1.54) is 55.6 Å². The number of rotatable bonds is 5. The van der Waals surface area contributed by atoms with Gasteiger partial charge in [-0.25, -0.2) is 15.0 Å². The summed E-state index contributed by atoms with van der Waals surface area (Å²) in [5.41, 5.74) is 19.0. The van der Waals surface area contributed by atoms with Gasteiger partial charge in [0.2, 0.25) is 0 Å². The first-order chi connectivity index (χ1) is 30.8. The molecule has 0 N–H and O–H groups in total. The summed E-state index contributed by atoms with van der Waals surface area (Å²) in [7, 11) is 0. The zero-order valence-electron chi connectivity index (χ0n) is 33.5. The number of hydrogen-bond donors (Lipinski definition) is 0. The highest BCUT2D eigenvalue weighted by Crippen LogP contribution is 2.64. The Labute approximate surface area is 358 Å². The lowest BCUT2D eigenvalue weighted by molar-refractivity contribution is 0.669. The summed E-state index contributed by atoms with van der Waals surface area (Å²) >= 11 is 0. The fourth-order valence-corrected chi connectivity index (χ4v) is 10.5. The Bertz CT molecular complexity index is 3470. The van der Waals surface area contributed by atoms with Crippen LogP contribution in [0.1, 0.15) is 22.3 Å². The summed E-state index contributed by atoms with van der Waals surface area (Å²) in [6.45, 7) is 0. The highest BCUT2D eigenvalue weighted by Gasteiger charge is 2.52. The normalized spacial score (nSPS) is 13.0. The topological polar surface area (TPSA) is 51.8 Å². The standard InChI is InChI=1S/C58H35N3O/c1-3-17-36(18-4-1)55-59-56(37-19-5-2-6-20-37)61-57(60-55)46-28-16-32-52-53(46)47-35-38(33-34-51(47)62-52)39-21-7-8-22-40(39)44-26-15-27-45-43-25-11-14-31-50(43)58(54(44)45)48-29-12-9-23-41(48)42-24-10-13-30-49(42)58/h1-35H. The lowest BCUT2D eigenvalue weighted by Gasteiger charge is -2.32. The smallest absolute Gasteiger partial charge is 0.164 e. The number of benzene rings is 9. The van der Waals surface area contributed by atoms with E-state index in [-0.39, 0.29) is 0 Å². The minimum atomic E-state index is -0.468. The minimum absolute atomic E-state index is 0.468. The van der Waals surface area contributed by atoms with E-state index in [2.05, 4.69) is 140 Å². The van der Waals surface area contributed by atoms with E-state index in [0.29, 0.717) is 17.5 Å². The van der Waals surface area contributed by atoms with Crippen LogP contribution in [-0.2, 0) is 5.41 Å². The molecule has 13 rings (SSSR count). The predicted octanol–water partition coefficient (Wildman–Crippen LogP) is 14.4. The molecule has 0 unspecified atom stereocenters. The fourth-order valence-electron chi connectivity index (χ4n) is 10.5. The number of aromatic nitrogens is 3. The van der Waals surface area contributed by atoms with Gasteiger partial charge in [-0.05, 0) is 85.0 Å². The molecule has 2 aliphatic carbocycles. The van der Waals surface area contributed by atoms with Crippen molar-refractivity contribution < 1.29 is 4.42 Å². The molecule has 4 heteroatoms. The zero-order valence-corrected chi connectivity index (χ0v) is 33.5. The summed E-state index contributed by atoms with van der Waals surface area (Å²) < 4.78 is 6.61. The number of nitrogens with zero attached hydrogens (tertiary/aromatic N) is 3. The van der Waals surface area contributed by atoms with Gasteiger partial charge in [-0.2, -0.15) is 0 Å². The van der Waals surface area contributed by atoms with E-state index in [4.69, 9.17) is 19.4 Å². The SMILES string of the molecule is c1ccc(-c2nc(-c3ccccc3)nc(-c3cccc4oc5ccc(-c6ccccc6-c6cccc7c6C6(c8ccccc8-c8ccccc86)c6ccccc6-7)cc5c34)n2)cc1. The van der Waals surface area contributed by atoms with Gasteiger partial charge in [0.05, 0.1) is 5.41 Å². The third-order valence-corrected chi connectivity index (χ3v) is 13.0. The van der Waals surface area contributed by atoms with Crippen molar-refractivity contribution in [1.82, 2.24) is 15.0 Å². The highest BCUT2D eigenvalue weighted by atomic mass is 16.3. The Morgan fingerprint density at radius 3 is 1.37 bits per heavy atom. The van der Waals surface area contributed by atoms with E-state index >= 15 is 0 Å². The van der Waals surface area contributed by atoms with Gasteiger partial charge in [0.1, 0.15) is 11.2 Å². The van der Waals surface area contributed by atoms with Crippen molar-refractivity contribution in [1.29, 1.82) is 0 Å². The summed E-state index contributed by atoms with van der Waals surface area (Å²) in [6, 6.07) is 75.7. The summed E-state index contributed by atoms with van der Waals surface area (Å²) in [4.78, 5) is 15.2. The molecule has 0 saturated heterocycles. The Morgan fingerprint density at radius 1 is 0.306 bits per heavy atom. The molecule has 0 saturated carbocycles. The molecule has 11 aromatic rings. The molecule has 2 aliphatic rings. The van der Waals surface area contributed by atoms with E-state index in [9.17, 15) is 0 Å². The molecular weight excluding hydrogens is 755 g/mol. The Balaban J connectivity index is 1.03. The molecule has 0 fully saturated rings. The molecule has 0 atom stereocenters. The Kier molecular flexibility index (Phi) is 7.49. The predicted molar refractivity (Wildman–Crippen MR) is 251 cm³/mol. The minimum Gasteiger partial charge on any atom is -0.456 e. The van der Waals surface area contributed by atoms with Crippen LogP contribution >= 0.6 is 0 Å². The van der Waals surface area contributed by atoms with Crippen molar-refractivity contribution in [2.75, 3.05) is 0 Å². The van der Waals surface area contributed by atoms with Crippen molar-refractivity contribution in [3.05, 3.63) is 235 Å². The van der Waals surface area contributed by atoms with Crippen LogP contribution in [-0.4, -0.2) is 15.0 Å². The number of fused-ring (bicyclic) bond motifs is 13. The molecule has 0 radical (unpaired) electrons. The van der Waals surface area contributed by atoms with Gasteiger partial charge < -0.3 is 4.42 Å². The lowest BCUT2D eigenvalue weighted by Crippen LogP contribution is -2.26. The van der Waals surface area contributed by atoms with E-state index in [0.717, 1.165) is 49.8 Å². The Hall–Kier alpha value is -8.21. The molecule has 0 aliphatic heterocycles. The van der Waals surface area contributed by atoms with Gasteiger partial charge in [0.25, 0.3) is 0 Å². The van der Waals surface area contributed by atoms with Gasteiger partial charge in [0.15, 0.2) is 17.5 Å². The lowest BCUT2D eigenvalue weighted by atomic mass is 9.68. The maximum Gasteiger partial charge on any atom is 0.164 e. The molecule has 1 spiro atoms. The van der Waals surface area contributed by atoms with Gasteiger partial charge in [-0.15, -0.1) is 0 Å². The summed E-state index contributed by atoms with van der Waals surface area (Å²) in [5.74, 6) is 1.84. The maximum absolute atomic E-state index is 6.61. The Morgan fingerprint density at radius 2 is 0.758 bits per heavy atom. The quantitative estimate of drug-likeness (QED) is 0.174. The average Bonchev–Trinajstić information content (AvgIpc) is 3.98. The largest absolute Gasteiger partial charge is 0.456 e. The molecule has 0 bridgehead atoms. The third-order valence-electron chi connectivity index (χ3n) is 13.0. The van der Waals surface area contributed by atoms with E-state index in [1.807, 2.05) is 72.8 Å². The van der Waals surface area contributed by atoms with Crippen LogP contribution in [0.15, 0.2) is 217 Å². The molecule has 2 aromatic heterocycles. The van der Waals surface area contributed by atoms with Crippen molar-refractivity contribution in [3.63, 3.8) is 0 Å². The van der Waals surface area contributed by atoms with Crippen molar-refractivity contribution in [2.45, 2.75) is 5.41 Å². The molecule has 0 amide bonds. The first-order valence-corrected chi connectivity index (χ1v) is 21.1. The van der Waals surface area contributed by atoms with Crippen LogP contribution in [0.5, 0.6) is 0 Å². The molecule has 62 heavy (non-hydrogen) atoms. The third kappa shape index (κ3) is 4.92. The average molecular weight is 790 g/mol. The second-order valence-electron chi connectivity index (χ2n) is 16.2. The van der Waals surface area contributed by atoms with E-state index in [1.54, 1.807) is 0 Å². The van der Waals surface area contributed by atoms with Crippen LogP contribution in [0.4, 0.5) is 0 Å². The van der Waals surface area contributed by atoms with Crippen LogP contribution in [0.3, 0.4) is 0 Å². The van der Waals surface area contributed by atoms with Gasteiger partial charge >= 0.3 is 0 Å². The van der Waals surface area contributed by atoms with Gasteiger partial charge in [-0.3, -0.25) is 0 Å². The second-order valence-corrected chi connectivity index (χ2v) is 16.2. The van der Waals surface area contributed by atoms with Crippen LogP contribution in [0, 0.1) is 0 Å². The molecular formula is C58H35N3O. The second kappa shape index (κ2) is 13.4. The first kappa shape index (κ1) is 34.6. The monoisotopic (exact) mass is 789 g/mol. The van der Waals surface area contributed by atoms with Crippen molar-refractivity contribution >= 4 is 21.9 Å². The summed E-state index contributed by atoms with van der Waals surface area (Å²) in [5, 5.41) is 1.98. The molecule has 288 valence electrons. The summed E-state index contributed by atoms with van der Waals surface area (Å²) in [6.07, 6.45) is 0.